The maximum absolute atomic E-state index is 8.89. The second kappa shape index (κ2) is 10.3. The Hall–Kier alpha value is -2.07. The topological polar surface area (TPSA) is 23.8 Å². The smallest absolute Gasteiger partial charge is 0.0991 e. The van der Waals surface area contributed by atoms with Crippen LogP contribution in [0, 0.1) is 17.2 Å². The molecule has 3 rings (SSSR count). The summed E-state index contributed by atoms with van der Waals surface area (Å²) in [6.07, 6.45) is 13.0. The van der Waals surface area contributed by atoms with Crippen LogP contribution in [0.5, 0.6) is 0 Å². The molecule has 0 unspecified atom stereocenters. The Morgan fingerprint density at radius 3 is 2.07 bits per heavy atom. The van der Waals surface area contributed by atoms with Crippen LogP contribution in [-0.2, 0) is 12.8 Å². The predicted octanol–water partition coefficient (Wildman–Crippen LogP) is 7.20. The van der Waals surface area contributed by atoms with E-state index in [-0.39, 0.29) is 0 Å². The normalized spacial score (nSPS) is 19.6. The van der Waals surface area contributed by atoms with Crippen LogP contribution in [0.15, 0.2) is 48.5 Å². The van der Waals surface area contributed by atoms with Crippen LogP contribution < -0.4 is 0 Å². The molecule has 0 heterocycles. The van der Waals surface area contributed by atoms with Gasteiger partial charge in [0, 0.05) is 0 Å². The van der Waals surface area contributed by atoms with Crippen LogP contribution in [-0.4, -0.2) is 0 Å². The highest BCUT2D eigenvalue weighted by atomic mass is 14.3. The molecule has 1 fully saturated rings. The summed E-state index contributed by atoms with van der Waals surface area (Å²) >= 11 is 0. The van der Waals surface area contributed by atoms with Crippen molar-refractivity contribution in [3.63, 3.8) is 0 Å². The summed E-state index contributed by atoms with van der Waals surface area (Å²) in [5, 5.41) is 8.89. The van der Waals surface area contributed by atoms with Crippen LogP contribution in [0.25, 0.3) is 0 Å². The van der Waals surface area contributed by atoms with Gasteiger partial charge in [0.25, 0.3) is 0 Å². The lowest BCUT2D eigenvalue weighted by Crippen LogP contribution is -2.14. The van der Waals surface area contributed by atoms with E-state index in [1.165, 1.54) is 68.9 Å². The Kier molecular flexibility index (Phi) is 7.52. The fourth-order valence-corrected chi connectivity index (χ4v) is 4.44. The molecular formula is C26H33N. The van der Waals surface area contributed by atoms with E-state index in [2.05, 4.69) is 49.4 Å². The minimum absolute atomic E-state index is 0.760. The van der Waals surface area contributed by atoms with E-state index in [1.54, 1.807) is 5.56 Å². The van der Waals surface area contributed by atoms with E-state index in [1.807, 2.05) is 12.1 Å². The molecule has 1 heteroatoms. The summed E-state index contributed by atoms with van der Waals surface area (Å²) in [6, 6.07) is 19.8. The molecule has 1 aliphatic rings. The van der Waals surface area contributed by atoms with Crippen LogP contribution in [0.2, 0.25) is 0 Å². The predicted molar refractivity (Wildman–Crippen MR) is 114 cm³/mol. The largest absolute Gasteiger partial charge is 0.192 e. The molecule has 0 bridgehead atoms. The molecule has 2 aromatic carbocycles. The van der Waals surface area contributed by atoms with Gasteiger partial charge < -0.3 is 0 Å². The van der Waals surface area contributed by atoms with Crippen molar-refractivity contribution in [3.05, 3.63) is 70.8 Å². The van der Waals surface area contributed by atoms with Gasteiger partial charge in [-0.15, -0.1) is 0 Å². The van der Waals surface area contributed by atoms with Crippen LogP contribution in [0.3, 0.4) is 0 Å². The molecule has 1 saturated carbocycles. The summed E-state index contributed by atoms with van der Waals surface area (Å²) < 4.78 is 0. The van der Waals surface area contributed by atoms with E-state index < -0.39 is 0 Å². The van der Waals surface area contributed by atoms with Crippen molar-refractivity contribution in [2.24, 2.45) is 5.92 Å². The zero-order chi connectivity index (χ0) is 18.9. The van der Waals surface area contributed by atoms with Crippen molar-refractivity contribution in [1.29, 1.82) is 5.26 Å². The number of nitriles is 1. The molecule has 0 aliphatic heterocycles. The first-order valence-corrected chi connectivity index (χ1v) is 10.9. The number of nitrogens with zero attached hydrogens (tertiary/aromatic N) is 1. The zero-order valence-corrected chi connectivity index (χ0v) is 16.8. The highest BCUT2D eigenvalue weighted by Crippen LogP contribution is 2.37. The summed E-state index contributed by atoms with van der Waals surface area (Å²) in [6.45, 7) is 2.27. The minimum Gasteiger partial charge on any atom is -0.192 e. The Bertz CT molecular complexity index is 712. The lowest BCUT2D eigenvalue weighted by molar-refractivity contribution is 0.310. The van der Waals surface area contributed by atoms with Crippen molar-refractivity contribution in [2.75, 3.05) is 0 Å². The fraction of sp³-hybridized carbons (Fsp3) is 0.500. The van der Waals surface area contributed by atoms with Gasteiger partial charge in [-0.05, 0) is 92.0 Å². The molecule has 0 spiro atoms. The molecule has 0 amide bonds. The third kappa shape index (κ3) is 5.96. The van der Waals surface area contributed by atoms with Crippen molar-refractivity contribution < 1.29 is 0 Å². The molecule has 1 nitrogen and oxygen atoms in total. The highest BCUT2D eigenvalue weighted by molar-refractivity contribution is 5.31. The van der Waals surface area contributed by atoms with Crippen molar-refractivity contribution in [2.45, 2.75) is 77.0 Å². The zero-order valence-electron chi connectivity index (χ0n) is 16.8. The van der Waals surface area contributed by atoms with Crippen LogP contribution in [0.1, 0.15) is 86.5 Å². The lowest BCUT2D eigenvalue weighted by atomic mass is 9.77. The number of benzene rings is 2. The fourth-order valence-electron chi connectivity index (χ4n) is 4.44. The molecular weight excluding hydrogens is 326 g/mol. The molecule has 2 aromatic rings. The van der Waals surface area contributed by atoms with Crippen molar-refractivity contribution in [3.8, 4) is 6.07 Å². The Balaban J connectivity index is 1.42. The number of rotatable bonds is 8. The molecule has 142 valence electrons. The van der Waals surface area contributed by atoms with Crippen LogP contribution >= 0.6 is 0 Å². The second-order valence-corrected chi connectivity index (χ2v) is 8.26. The van der Waals surface area contributed by atoms with E-state index in [9.17, 15) is 0 Å². The van der Waals surface area contributed by atoms with Gasteiger partial charge in [0.1, 0.15) is 0 Å². The molecule has 0 saturated heterocycles. The number of hydrogen-bond donors (Lipinski definition) is 0. The number of hydrogen-bond acceptors (Lipinski definition) is 1. The third-order valence-electron chi connectivity index (χ3n) is 6.29. The molecule has 1 aliphatic carbocycles. The maximum Gasteiger partial charge on any atom is 0.0991 e. The Labute approximate surface area is 165 Å². The van der Waals surface area contributed by atoms with E-state index in [0.717, 1.165) is 23.8 Å². The number of unbranched alkanes of at least 4 members (excludes halogenated alkanes) is 2. The standard InChI is InChI=1S/C26H33N/c1-2-3-4-5-21-12-16-25(17-13-21)26-18-14-23(15-19-26)7-6-22-8-10-24(20-27)11-9-22/h8-13,16-17,23,26H,2-7,14-15,18-19H2,1H3/t23-,26-. The van der Waals surface area contributed by atoms with Gasteiger partial charge in [-0.3, -0.25) is 0 Å². The first kappa shape index (κ1) is 19.7. The quantitative estimate of drug-likeness (QED) is 0.457. The van der Waals surface area contributed by atoms with Crippen molar-refractivity contribution in [1.82, 2.24) is 0 Å². The first-order valence-electron chi connectivity index (χ1n) is 10.9. The molecule has 0 radical (unpaired) electrons. The van der Waals surface area contributed by atoms with Gasteiger partial charge in [-0.25, -0.2) is 0 Å². The van der Waals surface area contributed by atoms with Gasteiger partial charge in [0.15, 0.2) is 0 Å². The van der Waals surface area contributed by atoms with Gasteiger partial charge in [0.2, 0.25) is 0 Å². The van der Waals surface area contributed by atoms with Crippen LogP contribution in [0.4, 0.5) is 0 Å². The van der Waals surface area contributed by atoms with E-state index >= 15 is 0 Å². The Morgan fingerprint density at radius 2 is 1.44 bits per heavy atom. The average Bonchev–Trinajstić information content (AvgIpc) is 2.74. The van der Waals surface area contributed by atoms with E-state index in [4.69, 9.17) is 5.26 Å². The lowest BCUT2D eigenvalue weighted by Gasteiger charge is -2.29. The van der Waals surface area contributed by atoms with Gasteiger partial charge in [0.05, 0.1) is 11.6 Å². The average molecular weight is 360 g/mol. The second-order valence-electron chi connectivity index (χ2n) is 8.26. The first-order chi connectivity index (χ1) is 13.3. The summed E-state index contributed by atoms with van der Waals surface area (Å²) in [4.78, 5) is 0. The maximum atomic E-state index is 8.89. The number of aryl methyl sites for hydroxylation is 2. The summed E-state index contributed by atoms with van der Waals surface area (Å²) in [5.74, 6) is 1.63. The Morgan fingerprint density at radius 1 is 0.815 bits per heavy atom. The van der Waals surface area contributed by atoms with E-state index in [0.29, 0.717) is 0 Å². The third-order valence-corrected chi connectivity index (χ3v) is 6.29. The van der Waals surface area contributed by atoms with Gasteiger partial charge >= 0.3 is 0 Å². The molecule has 27 heavy (non-hydrogen) atoms. The van der Waals surface area contributed by atoms with Gasteiger partial charge in [-0.1, -0.05) is 56.2 Å². The van der Waals surface area contributed by atoms with Crippen molar-refractivity contribution >= 4 is 0 Å². The molecule has 0 N–H and O–H groups in total. The summed E-state index contributed by atoms with van der Waals surface area (Å²) in [5.41, 5.74) is 5.19. The monoisotopic (exact) mass is 359 g/mol. The molecule has 0 atom stereocenters. The SMILES string of the molecule is CCCCCc1ccc([C@H]2CC[C@H](CCc3ccc(C#N)cc3)CC2)cc1. The van der Waals surface area contributed by atoms with Gasteiger partial charge in [-0.2, -0.15) is 5.26 Å². The molecule has 0 aromatic heterocycles. The minimum atomic E-state index is 0.760. The highest BCUT2D eigenvalue weighted by Gasteiger charge is 2.22. The summed E-state index contributed by atoms with van der Waals surface area (Å²) in [7, 11) is 0.